The van der Waals surface area contributed by atoms with Gasteiger partial charge in [-0.2, -0.15) is 0 Å². The van der Waals surface area contributed by atoms with E-state index in [1.807, 2.05) is 24.3 Å². The van der Waals surface area contributed by atoms with Gasteiger partial charge < -0.3 is 5.11 Å². The summed E-state index contributed by atoms with van der Waals surface area (Å²) in [5.41, 5.74) is 3.71. The molecule has 1 heteroatoms. The molecular weight excluding hydrogens is 208 g/mol. The van der Waals surface area contributed by atoms with Gasteiger partial charge in [0.15, 0.2) is 0 Å². The molecule has 0 spiro atoms. The Bertz CT molecular complexity index is 512. The van der Waals surface area contributed by atoms with Crippen LogP contribution in [0.1, 0.15) is 35.4 Å². The highest BCUT2D eigenvalue weighted by molar-refractivity contribution is 5.45. The van der Waals surface area contributed by atoms with E-state index in [0.717, 1.165) is 12.0 Å². The summed E-state index contributed by atoms with van der Waals surface area (Å²) in [6.07, 6.45) is 3.37. The summed E-state index contributed by atoms with van der Waals surface area (Å²) in [4.78, 5) is 0. The summed E-state index contributed by atoms with van der Waals surface area (Å²) in [7, 11) is 0. The van der Waals surface area contributed by atoms with Gasteiger partial charge in [0.05, 0.1) is 0 Å². The number of hydrogen-bond donors (Lipinski definition) is 1. The molecule has 0 aromatic heterocycles. The molecule has 0 amide bonds. The summed E-state index contributed by atoms with van der Waals surface area (Å²) in [6, 6.07) is 16.3. The van der Waals surface area contributed by atoms with Gasteiger partial charge in [-0.15, -0.1) is 0 Å². The molecule has 1 nitrogen and oxygen atoms in total. The first-order valence-electron chi connectivity index (χ1n) is 6.19. The molecule has 17 heavy (non-hydrogen) atoms. The molecule has 0 heterocycles. The topological polar surface area (TPSA) is 20.2 Å². The van der Waals surface area contributed by atoms with Crippen LogP contribution in [0.25, 0.3) is 0 Å². The van der Waals surface area contributed by atoms with E-state index in [1.165, 1.54) is 24.0 Å². The van der Waals surface area contributed by atoms with Gasteiger partial charge in [0.1, 0.15) is 5.75 Å². The normalized spacial score (nSPS) is 14.8. The van der Waals surface area contributed by atoms with E-state index in [1.54, 1.807) is 6.07 Å². The zero-order valence-electron chi connectivity index (χ0n) is 9.76. The number of phenols is 1. The summed E-state index contributed by atoms with van der Waals surface area (Å²) < 4.78 is 0. The fourth-order valence-electron chi connectivity index (χ4n) is 2.36. The van der Waals surface area contributed by atoms with Crippen molar-refractivity contribution in [2.75, 3.05) is 0 Å². The standard InChI is InChI=1S/C16H16O/c17-16-8-4-7-14(13-9-10-13)15(16)11-12-5-2-1-3-6-12/h1-8,13,17H,9-11H2. The number of rotatable bonds is 3. The zero-order valence-corrected chi connectivity index (χ0v) is 9.76. The Morgan fingerprint density at radius 2 is 1.71 bits per heavy atom. The van der Waals surface area contributed by atoms with Crippen LogP contribution in [0.2, 0.25) is 0 Å². The van der Waals surface area contributed by atoms with Crippen LogP contribution in [0.15, 0.2) is 48.5 Å². The van der Waals surface area contributed by atoms with Gasteiger partial charge >= 0.3 is 0 Å². The van der Waals surface area contributed by atoms with Gasteiger partial charge in [0.25, 0.3) is 0 Å². The summed E-state index contributed by atoms with van der Waals surface area (Å²) >= 11 is 0. The van der Waals surface area contributed by atoms with Gasteiger partial charge in [-0.25, -0.2) is 0 Å². The average Bonchev–Trinajstić information content (AvgIpc) is 3.17. The zero-order chi connectivity index (χ0) is 11.7. The fourth-order valence-corrected chi connectivity index (χ4v) is 2.36. The van der Waals surface area contributed by atoms with Crippen molar-refractivity contribution in [1.82, 2.24) is 0 Å². The second kappa shape index (κ2) is 4.25. The Balaban J connectivity index is 1.96. The molecule has 1 aliphatic rings. The third-order valence-corrected chi connectivity index (χ3v) is 3.43. The lowest BCUT2D eigenvalue weighted by molar-refractivity contribution is 0.468. The largest absolute Gasteiger partial charge is 0.508 e. The highest BCUT2D eigenvalue weighted by atomic mass is 16.3. The Morgan fingerprint density at radius 3 is 2.41 bits per heavy atom. The van der Waals surface area contributed by atoms with E-state index in [9.17, 15) is 5.11 Å². The summed E-state index contributed by atoms with van der Waals surface area (Å²) in [6.45, 7) is 0. The van der Waals surface area contributed by atoms with E-state index < -0.39 is 0 Å². The maximum atomic E-state index is 10.0. The first-order chi connectivity index (χ1) is 8.34. The minimum Gasteiger partial charge on any atom is -0.508 e. The lowest BCUT2D eigenvalue weighted by Gasteiger charge is -2.10. The van der Waals surface area contributed by atoms with Gasteiger partial charge in [-0.1, -0.05) is 42.5 Å². The molecule has 0 radical (unpaired) electrons. The first kappa shape index (κ1) is 10.4. The molecule has 3 rings (SSSR count). The van der Waals surface area contributed by atoms with Crippen molar-refractivity contribution in [2.24, 2.45) is 0 Å². The van der Waals surface area contributed by atoms with Crippen LogP contribution in [0, 0.1) is 0 Å². The van der Waals surface area contributed by atoms with Crippen LogP contribution in [0.5, 0.6) is 5.75 Å². The van der Waals surface area contributed by atoms with Crippen LogP contribution in [0.3, 0.4) is 0 Å². The number of benzene rings is 2. The predicted octanol–water partition coefficient (Wildman–Crippen LogP) is 3.86. The Morgan fingerprint density at radius 1 is 0.941 bits per heavy atom. The van der Waals surface area contributed by atoms with E-state index in [0.29, 0.717) is 11.7 Å². The molecule has 2 aromatic rings. The first-order valence-corrected chi connectivity index (χ1v) is 6.19. The van der Waals surface area contributed by atoms with Crippen molar-refractivity contribution >= 4 is 0 Å². The van der Waals surface area contributed by atoms with Crippen LogP contribution in [0.4, 0.5) is 0 Å². The molecular formula is C16H16O. The monoisotopic (exact) mass is 224 g/mol. The van der Waals surface area contributed by atoms with Crippen molar-refractivity contribution in [3.05, 3.63) is 65.2 Å². The van der Waals surface area contributed by atoms with Crippen molar-refractivity contribution in [2.45, 2.75) is 25.2 Å². The minimum atomic E-state index is 0.443. The van der Waals surface area contributed by atoms with Gasteiger partial charge in [0.2, 0.25) is 0 Å². The number of phenolic OH excluding ortho intramolecular Hbond substituents is 1. The summed E-state index contributed by atoms with van der Waals surface area (Å²) in [5, 5.41) is 10.0. The van der Waals surface area contributed by atoms with Crippen LogP contribution < -0.4 is 0 Å². The quantitative estimate of drug-likeness (QED) is 0.839. The number of aromatic hydroxyl groups is 1. The van der Waals surface area contributed by atoms with Crippen LogP contribution >= 0.6 is 0 Å². The number of hydrogen-bond acceptors (Lipinski definition) is 1. The molecule has 1 N–H and O–H groups in total. The average molecular weight is 224 g/mol. The van der Waals surface area contributed by atoms with Crippen molar-refractivity contribution < 1.29 is 5.11 Å². The van der Waals surface area contributed by atoms with E-state index in [2.05, 4.69) is 18.2 Å². The maximum absolute atomic E-state index is 10.0. The lowest BCUT2D eigenvalue weighted by atomic mass is 9.96. The van der Waals surface area contributed by atoms with Gasteiger partial charge in [-0.05, 0) is 36.0 Å². The Kier molecular flexibility index (Phi) is 2.60. The molecule has 0 aliphatic heterocycles. The Hall–Kier alpha value is -1.76. The van der Waals surface area contributed by atoms with Crippen molar-refractivity contribution in [3.8, 4) is 5.75 Å². The molecule has 0 unspecified atom stereocenters. The summed E-state index contributed by atoms with van der Waals surface area (Å²) in [5.74, 6) is 1.12. The second-order valence-electron chi connectivity index (χ2n) is 4.78. The Labute approximate surface area is 102 Å². The van der Waals surface area contributed by atoms with E-state index >= 15 is 0 Å². The predicted molar refractivity (Wildman–Crippen MR) is 69.3 cm³/mol. The van der Waals surface area contributed by atoms with Crippen LogP contribution in [-0.4, -0.2) is 5.11 Å². The third-order valence-electron chi connectivity index (χ3n) is 3.43. The SMILES string of the molecule is Oc1cccc(C2CC2)c1Cc1ccccc1. The maximum Gasteiger partial charge on any atom is 0.119 e. The van der Waals surface area contributed by atoms with Crippen molar-refractivity contribution in [3.63, 3.8) is 0 Å². The highest BCUT2D eigenvalue weighted by Gasteiger charge is 2.26. The molecule has 86 valence electrons. The molecule has 1 aliphatic carbocycles. The molecule has 0 atom stereocenters. The van der Waals surface area contributed by atoms with Gasteiger partial charge in [0, 0.05) is 12.0 Å². The fraction of sp³-hybridized carbons (Fsp3) is 0.250. The van der Waals surface area contributed by atoms with Crippen molar-refractivity contribution in [1.29, 1.82) is 0 Å². The molecule has 1 fully saturated rings. The second-order valence-corrected chi connectivity index (χ2v) is 4.78. The molecule has 2 aromatic carbocycles. The minimum absolute atomic E-state index is 0.443. The molecule has 0 bridgehead atoms. The molecule has 1 saturated carbocycles. The smallest absolute Gasteiger partial charge is 0.119 e. The van der Waals surface area contributed by atoms with E-state index in [4.69, 9.17) is 0 Å². The van der Waals surface area contributed by atoms with Crippen LogP contribution in [-0.2, 0) is 6.42 Å². The van der Waals surface area contributed by atoms with E-state index in [-0.39, 0.29) is 0 Å². The highest BCUT2D eigenvalue weighted by Crippen LogP contribution is 2.43. The third kappa shape index (κ3) is 2.19. The molecule has 0 saturated heterocycles. The van der Waals surface area contributed by atoms with Gasteiger partial charge in [-0.3, -0.25) is 0 Å². The lowest BCUT2D eigenvalue weighted by Crippen LogP contribution is -1.94.